The number of aryl methyl sites for hydroxylation is 2. The standard InChI is InChI=1S/C16H27N3O2/c1-13-10-14(18(3)17-13)11-19-7-4-16(5-8-19)12-15(2,20)6-9-21-16/h10,20H,4-9,11-12H2,1-3H3. The first kappa shape index (κ1) is 15.0. The van der Waals surface area contributed by atoms with E-state index in [4.69, 9.17) is 4.74 Å². The second kappa shape index (κ2) is 5.38. The van der Waals surface area contributed by atoms with Crippen LogP contribution >= 0.6 is 0 Å². The lowest BCUT2D eigenvalue weighted by molar-refractivity contribution is -0.173. The van der Waals surface area contributed by atoms with Gasteiger partial charge < -0.3 is 9.84 Å². The zero-order chi connectivity index (χ0) is 15.1. The number of piperidine rings is 1. The molecule has 1 aromatic rings. The second-order valence-electron chi connectivity index (χ2n) is 7.13. The van der Waals surface area contributed by atoms with Crippen LogP contribution in [0.1, 0.15) is 44.0 Å². The zero-order valence-electron chi connectivity index (χ0n) is 13.4. The molecule has 2 aliphatic heterocycles. The van der Waals surface area contributed by atoms with Crippen LogP contribution in [0.5, 0.6) is 0 Å². The van der Waals surface area contributed by atoms with E-state index in [9.17, 15) is 5.11 Å². The molecule has 1 spiro atoms. The number of aliphatic hydroxyl groups is 1. The molecule has 2 aliphatic rings. The lowest BCUT2D eigenvalue weighted by Crippen LogP contribution is -2.53. The fraction of sp³-hybridized carbons (Fsp3) is 0.812. The lowest BCUT2D eigenvalue weighted by atomic mass is 9.78. The predicted molar refractivity (Wildman–Crippen MR) is 81.0 cm³/mol. The zero-order valence-corrected chi connectivity index (χ0v) is 13.4. The smallest absolute Gasteiger partial charge is 0.0734 e. The number of ether oxygens (including phenoxy) is 1. The molecular formula is C16H27N3O2. The summed E-state index contributed by atoms with van der Waals surface area (Å²) in [5.74, 6) is 0. The van der Waals surface area contributed by atoms with Gasteiger partial charge in [-0.2, -0.15) is 5.10 Å². The summed E-state index contributed by atoms with van der Waals surface area (Å²) in [6, 6.07) is 2.16. The number of aromatic nitrogens is 2. The van der Waals surface area contributed by atoms with E-state index in [-0.39, 0.29) is 5.60 Å². The highest BCUT2D eigenvalue weighted by Gasteiger charge is 2.44. The van der Waals surface area contributed by atoms with Gasteiger partial charge in [0.05, 0.1) is 29.2 Å². The minimum Gasteiger partial charge on any atom is -0.390 e. The molecule has 0 amide bonds. The van der Waals surface area contributed by atoms with Gasteiger partial charge in [0.15, 0.2) is 0 Å². The van der Waals surface area contributed by atoms with Crippen molar-refractivity contribution in [2.24, 2.45) is 7.05 Å². The summed E-state index contributed by atoms with van der Waals surface area (Å²) >= 11 is 0. The van der Waals surface area contributed by atoms with Crippen LogP contribution in [-0.4, -0.2) is 50.7 Å². The van der Waals surface area contributed by atoms with E-state index in [2.05, 4.69) is 16.1 Å². The van der Waals surface area contributed by atoms with Gasteiger partial charge in [0.2, 0.25) is 0 Å². The molecule has 1 N–H and O–H groups in total. The van der Waals surface area contributed by atoms with Gasteiger partial charge in [-0.15, -0.1) is 0 Å². The summed E-state index contributed by atoms with van der Waals surface area (Å²) in [6.07, 6.45) is 3.56. The maximum Gasteiger partial charge on any atom is 0.0734 e. The Hall–Kier alpha value is -0.910. The summed E-state index contributed by atoms with van der Waals surface area (Å²) in [6.45, 7) is 7.67. The third-order valence-electron chi connectivity index (χ3n) is 5.00. The van der Waals surface area contributed by atoms with Crippen LogP contribution in [0.15, 0.2) is 6.07 Å². The number of hydrogen-bond acceptors (Lipinski definition) is 4. The average molecular weight is 293 g/mol. The third kappa shape index (κ3) is 3.30. The van der Waals surface area contributed by atoms with Crippen LogP contribution in [0.4, 0.5) is 0 Å². The SMILES string of the molecule is Cc1cc(CN2CCC3(CC2)CC(C)(O)CCO3)n(C)n1. The molecule has 5 heteroatoms. The van der Waals surface area contributed by atoms with Crippen LogP contribution < -0.4 is 0 Å². The minimum absolute atomic E-state index is 0.0966. The molecule has 0 aromatic carbocycles. The minimum atomic E-state index is -0.556. The molecule has 5 nitrogen and oxygen atoms in total. The first-order valence-corrected chi connectivity index (χ1v) is 7.96. The third-order valence-corrected chi connectivity index (χ3v) is 5.00. The number of rotatable bonds is 2. The Morgan fingerprint density at radius 1 is 1.33 bits per heavy atom. The van der Waals surface area contributed by atoms with Gasteiger partial charge in [-0.3, -0.25) is 9.58 Å². The van der Waals surface area contributed by atoms with Crippen molar-refractivity contribution >= 4 is 0 Å². The van der Waals surface area contributed by atoms with Crippen LogP contribution in [0, 0.1) is 6.92 Å². The van der Waals surface area contributed by atoms with Crippen LogP contribution in [0.2, 0.25) is 0 Å². The van der Waals surface area contributed by atoms with Crippen LogP contribution in [0.3, 0.4) is 0 Å². The summed E-state index contributed by atoms with van der Waals surface area (Å²) in [4.78, 5) is 2.47. The highest BCUT2D eigenvalue weighted by molar-refractivity contribution is 5.09. The topological polar surface area (TPSA) is 50.5 Å². The van der Waals surface area contributed by atoms with E-state index in [0.29, 0.717) is 6.61 Å². The number of nitrogens with zero attached hydrogens (tertiary/aromatic N) is 3. The molecule has 3 heterocycles. The highest BCUT2D eigenvalue weighted by atomic mass is 16.5. The maximum absolute atomic E-state index is 10.3. The monoisotopic (exact) mass is 293 g/mol. The largest absolute Gasteiger partial charge is 0.390 e. The molecule has 2 saturated heterocycles. The summed E-state index contributed by atoms with van der Waals surface area (Å²) in [5.41, 5.74) is 1.69. The van der Waals surface area contributed by atoms with Gasteiger partial charge in [-0.1, -0.05) is 0 Å². The Kier molecular flexibility index (Phi) is 3.84. The van der Waals surface area contributed by atoms with Crippen molar-refractivity contribution in [2.75, 3.05) is 19.7 Å². The summed E-state index contributed by atoms with van der Waals surface area (Å²) < 4.78 is 8.04. The van der Waals surface area contributed by atoms with Crippen molar-refractivity contribution in [1.29, 1.82) is 0 Å². The van der Waals surface area contributed by atoms with E-state index in [1.54, 1.807) is 0 Å². The van der Waals surface area contributed by atoms with E-state index in [1.165, 1.54) is 5.69 Å². The molecule has 1 aromatic heterocycles. The molecule has 0 radical (unpaired) electrons. The van der Waals surface area contributed by atoms with Gasteiger partial charge in [0.25, 0.3) is 0 Å². The van der Waals surface area contributed by atoms with Crippen molar-refractivity contribution < 1.29 is 9.84 Å². The summed E-state index contributed by atoms with van der Waals surface area (Å²) in [5, 5.41) is 14.7. The Balaban J connectivity index is 1.59. The molecule has 1 unspecified atom stereocenters. The van der Waals surface area contributed by atoms with Crippen molar-refractivity contribution in [3.05, 3.63) is 17.5 Å². The van der Waals surface area contributed by atoms with Crippen LogP contribution in [0.25, 0.3) is 0 Å². The maximum atomic E-state index is 10.3. The Labute approximate surface area is 126 Å². The predicted octanol–water partition coefficient (Wildman–Crippen LogP) is 1.62. The molecule has 0 saturated carbocycles. The van der Waals surface area contributed by atoms with E-state index in [0.717, 1.165) is 51.0 Å². The van der Waals surface area contributed by atoms with Gasteiger partial charge in [-0.25, -0.2) is 0 Å². The quantitative estimate of drug-likeness (QED) is 0.900. The summed E-state index contributed by atoms with van der Waals surface area (Å²) in [7, 11) is 2.01. The van der Waals surface area contributed by atoms with Crippen molar-refractivity contribution in [1.82, 2.24) is 14.7 Å². The van der Waals surface area contributed by atoms with Gasteiger partial charge in [-0.05, 0) is 39.2 Å². The van der Waals surface area contributed by atoms with E-state index >= 15 is 0 Å². The Morgan fingerprint density at radius 2 is 2.05 bits per heavy atom. The fourth-order valence-corrected chi connectivity index (χ4v) is 3.80. The van der Waals surface area contributed by atoms with Gasteiger partial charge in [0, 0.05) is 33.1 Å². The first-order chi connectivity index (χ1) is 9.88. The first-order valence-electron chi connectivity index (χ1n) is 7.96. The average Bonchev–Trinajstić information content (AvgIpc) is 2.70. The second-order valence-corrected chi connectivity index (χ2v) is 7.13. The molecule has 3 rings (SSSR count). The molecular weight excluding hydrogens is 266 g/mol. The van der Waals surface area contributed by atoms with Crippen molar-refractivity contribution in [3.63, 3.8) is 0 Å². The highest BCUT2D eigenvalue weighted by Crippen LogP contribution is 2.39. The fourth-order valence-electron chi connectivity index (χ4n) is 3.80. The molecule has 2 fully saturated rings. The number of hydrogen-bond donors (Lipinski definition) is 1. The lowest BCUT2D eigenvalue weighted by Gasteiger charge is -2.48. The normalized spacial score (nSPS) is 29.9. The van der Waals surface area contributed by atoms with Crippen molar-refractivity contribution in [3.8, 4) is 0 Å². The van der Waals surface area contributed by atoms with E-state index in [1.807, 2.05) is 25.6 Å². The molecule has 0 bridgehead atoms. The molecule has 0 aliphatic carbocycles. The van der Waals surface area contributed by atoms with E-state index < -0.39 is 5.60 Å². The van der Waals surface area contributed by atoms with Crippen molar-refractivity contribution in [2.45, 2.75) is 57.3 Å². The Bertz CT molecular complexity index is 502. The molecule has 118 valence electrons. The van der Waals surface area contributed by atoms with Gasteiger partial charge in [0.1, 0.15) is 0 Å². The van der Waals surface area contributed by atoms with Crippen LogP contribution in [-0.2, 0) is 18.3 Å². The van der Waals surface area contributed by atoms with Gasteiger partial charge >= 0.3 is 0 Å². The molecule has 21 heavy (non-hydrogen) atoms. The Morgan fingerprint density at radius 3 is 2.62 bits per heavy atom. The molecule has 1 atom stereocenters. The number of likely N-dealkylation sites (tertiary alicyclic amines) is 1.